The minimum atomic E-state index is -3.51. The number of carbonyl (C=O) groups excluding carboxylic acids is 1. The molecule has 3 unspecified atom stereocenters. The number of benzene rings is 1. The highest BCUT2D eigenvalue weighted by Gasteiger charge is 2.31. The lowest BCUT2D eigenvalue weighted by Gasteiger charge is -2.32. The Morgan fingerprint density at radius 2 is 1.75 bits per heavy atom. The van der Waals surface area contributed by atoms with E-state index in [1.165, 1.54) is 0 Å². The van der Waals surface area contributed by atoms with Crippen LogP contribution in [0.2, 0.25) is 0 Å². The first-order valence-corrected chi connectivity index (χ1v) is 11.5. The number of nitrogens with zero attached hydrogens (tertiary/aromatic N) is 1. The van der Waals surface area contributed by atoms with E-state index < -0.39 is 10.0 Å². The Morgan fingerprint density at radius 3 is 2.39 bits per heavy atom. The lowest BCUT2D eigenvalue weighted by molar-refractivity contribution is 0.0908. The van der Waals surface area contributed by atoms with Gasteiger partial charge in [0.25, 0.3) is 5.91 Å². The molecular weight excluding hydrogens is 398 g/mol. The van der Waals surface area contributed by atoms with Gasteiger partial charge in [-0.05, 0) is 69.3 Å². The molecule has 3 N–H and O–H groups in total. The third-order valence-electron chi connectivity index (χ3n) is 5.99. The molecule has 1 aliphatic heterocycles. The standard InChI is InChI=1S/C20H31N3O3S.ClH/c1-15-6-4-5-13-23(15)27(25,26)18-11-9-16(10-12-18)20(24)22-19-8-3-2-7-17(19)14-21;/h9-12,15,17,19H,2-8,13-14,21H2,1H3,(H,22,24);1H. The van der Waals surface area contributed by atoms with Gasteiger partial charge in [0.2, 0.25) is 10.0 Å². The summed E-state index contributed by atoms with van der Waals surface area (Å²) in [6.45, 7) is 3.10. The van der Waals surface area contributed by atoms with Gasteiger partial charge < -0.3 is 11.1 Å². The van der Waals surface area contributed by atoms with E-state index in [1.807, 2.05) is 6.92 Å². The van der Waals surface area contributed by atoms with Gasteiger partial charge in [0.05, 0.1) is 4.90 Å². The third-order valence-corrected chi connectivity index (χ3v) is 8.02. The van der Waals surface area contributed by atoms with Crippen molar-refractivity contribution in [3.05, 3.63) is 29.8 Å². The second-order valence-corrected chi connectivity index (χ2v) is 9.74. The predicted molar refractivity (Wildman–Crippen MR) is 113 cm³/mol. The van der Waals surface area contributed by atoms with Crippen LogP contribution in [0.1, 0.15) is 62.2 Å². The van der Waals surface area contributed by atoms with E-state index in [1.54, 1.807) is 28.6 Å². The van der Waals surface area contributed by atoms with Crippen LogP contribution >= 0.6 is 12.4 Å². The quantitative estimate of drug-likeness (QED) is 0.752. The highest BCUT2D eigenvalue weighted by atomic mass is 35.5. The number of halogens is 1. The zero-order chi connectivity index (χ0) is 19.4. The Kier molecular flexibility index (Phi) is 8.30. The molecule has 3 atom stereocenters. The monoisotopic (exact) mass is 429 g/mol. The second-order valence-electron chi connectivity index (χ2n) is 7.85. The Balaban J connectivity index is 0.00000280. The molecule has 1 amide bonds. The van der Waals surface area contributed by atoms with Crippen molar-refractivity contribution in [2.24, 2.45) is 11.7 Å². The number of amides is 1. The van der Waals surface area contributed by atoms with Gasteiger partial charge in [-0.15, -0.1) is 12.4 Å². The van der Waals surface area contributed by atoms with Gasteiger partial charge in [-0.2, -0.15) is 4.31 Å². The summed E-state index contributed by atoms with van der Waals surface area (Å²) >= 11 is 0. The second kappa shape index (κ2) is 10.1. The van der Waals surface area contributed by atoms with Gasteiger partial charge in [-0.3, -0.25) is 4.79 Å². The van der Waals surface area contributed by atoms with E-state index in [0.717, 1.165) is 44.9 Å². The highest BCUT2D eigenvalue weighted by Crippen LogP contribution is 2.26. The fraction of sp³-hybridized carbons (Fsp3) is 0.650. The van der Waals surface area contributed by atoms with Crippen molar-refractivity contribution in [1.29, 1.82) is 0 Å². The summed E-state index contributed by atoms with van der Waals surface area (Å²) in [4.78, 5) is 12.8. The molecule has 1 aromatic carbocycles. The van der Waals surface area contributed by atoms with Gasteiger partial charge >= 0.3 is 0 Å². The molecule has 6 nitrogen and oxygen atoms in total. The average Bonchev–Trinajstić information content (AvgIpc) is 2.68. The Labute approximate surface area is 174 Å². The topological polar surface area (TPSA) is 92.5 Å². The Morgan fingerprint density at radius 1 is 1.11 bits per heavy atom. The van der Waals surface area contributed by atoms with Gasteiger partial charge in [-0.1, -0.05) is 19.3 Å². The molecule has 0 aromatic heterocycles. The summed E-state index contributed by atoms with van der Waals surface area (Å²) in [5.41, 5.74) is 6.32. The Hall–Kier alpha value is -1.15. The molecule has 28 heavy (non-hydrogen) atoms. The van der Waals surface area contributed by atoms with E-state index >= 15 is 0 Å². The van der Waals surface area contributed by atoms with Crippen molar-refractivity contribution < 1.29 is 13.2 Å². The fourth-order valence-corrected chi connectivity index (χ4v) is 5.97. The van der Waals surface area contributed by atoms with E-state index in [9.17, 15) is 13.2 Å². The zero-order valence-electron chi connectivity index (χ0n) is 16.5. The summed E-state index contributed by atoms with van der Waals surface area (Å²) in [6, 6.07) is 6.44. The maximum absolute atomic E-state index is 12.9. The lowest BCUT2D eigenvalue weighted by Crippen LogP contribution is -2.44. The van der Waals surface area contributed by atoms with Gasteiger partial charge in [0, 0.05) is 24.2 Å². The first-order chi connectivity index (χ1) is 12.9. The smallest absolute Gasteiger partial charge is 0.251 e. The van der Waals surface area contributed by atoms with Crippen LogP contribution in [0.3, 0.4) is 0 Å². The average molecular weight is 430 g/mol. The van der Waals surface area contributed by atoms with Crippen molar-refractivity contribution in [2.75, 3.05) is 13.1 Å². The van der Waals surface area contributed by atoms with Gasteiger partial charge in [0.15, 0.2) is 0 Å². The first kappa shape index (κ1) is 23.1. The summed E-state index contributed by atoms with van der Waals surface area (Å²) in [6.07, 6.45) is 7.12. The highest BCUT2D eigenvalue weighted by molar-refractivity contribution is 7.89. The molecular formula is C20H32ClN3O3S. The van der Waals surface area contributed by atoms with Crippen LogP contribution in [0.25, 0.3) is 0 Å². The van der Waals surface area contributed by atoms with E-state index in [4.69, 9.17) is 5.73 Å². The maximum atomic E-state index is 12.9. The summed E-state index contributed by atoms with van der Waals surface area (Å²) in [5, 5.41) is 3.09. The minimum absolute atomic E-state index is 0. The van der Waals surface area contributed by atoms with Crippen LogP contribution in [0.4, 0.5) is 0 Å². The molecule has 1 aliphatic carbocycles. The summed E-state index contributed by atoms with van der Waals surface area (Å²) < 4.78 is 27.4. The zero-order valence-corrected chi connectivity index (χ0v) is 18.1. The van der Waals surface area contributed by atoms with E-state index in [2.05, 4.69) is 5.32 Å². The maximum Gasteiger partial charge on any atom is 0.251 e. The van der Waals surface area contributed by atoms with Crippen molar-refractivity contribution in [3.63, 3.8) is 0 Å². The SMILES string of the molecule is CC1CCCCN1S(=O)(=O)c1ccc(C(=O)NC2CCCCC2CN)cc1.Cl. The Bertz CT molecular complexity index is 754. The number of piperidine rings is 1. The third kappa shape index (κ3) is 5.06. The number of rotatable bonds is 5. The largest absolute Gasteiger partial charge is 0.349 e. The molecule has 0 bridgehead atoms. The molecule has 158 valence electrons. The molecule has 1 aromatic rings. The van der Waals surface area contributed by atoms with Crippen LogP contribution in [0, 0.1) is 5.92 Å². The molecule has 2 aliphatic rings. The number of sulfonamides is 1. The number of nitrogens with one attached hydrogen (secondary N) is 1. The molecule has 0 spiro atoms. The normalized spacial score (nSPS) is 26.3. The lowest BCUT2D eigenvalue weighted by atomic mass is 9.84. The minimum Gasteiger partial charge on any atom is -0.349 e. The van der Waals surface area contributed by atoms with Gasteiger partial charge in [-0.25, -0.2) is 8.42 Å². The molecule has 0 radical (unpaired) electrons. The molecule has 2 fully saturated rings. The molecule has 1 heterocycles. The van der Waals surface area contributed by atoms with E-state index in [-0.39, 0.29) is 35.3 Å². The number of hydrogen-bond acceptors (Lipinski definition) is 4. The van der Waals surface area contributed by atoms with Crippen molar-refractivity contribution in [2.45, 2.75) is 68.8 Å². The molecule has 1 saturated carbocycles. The van der Waals surface area contributed by atoms with Crippen LogP contribution in [0.15, 0.2) is 29.2 Å². The number of hydrogen-bond donors (Lipinski definition) is 2. The van der Waals surface area contributed by atoms with Crippen LogP contribution in [0.5, 0.6) is 0 Å². The summed E-state index contributed by atoms with van der Waals surface area (Å²) in [7, 11) is -3.51. The summed E-state index contributed by atoms with van der Waals surface area (Å²) in [5.74, 6) is 0.165. The predicted octanol–water partition coefficient (Wildman–Crippen LogP) is 2.92. The number of nitrogens with two attached hydrogens (primary N) is 1. The van der Waals surface area contributed by atoms with Crippen LogP contribution in [-0.2, 0) is 10.0 Å². The van der Waals surface area contributed by atoms with Gasteiger partial charge in [0.1, 0.15) is 0 Å². The molecule has 8 heteroatoms. The number of carbonyl (C=O) groups is 1. The van der Waals surface area contributed by atoms with Crippen LogP contribution < -0.4 is 11.1 Å². The van der Waals surface area contributed by atoms with Crippen LogP contribution in [-0.4, -0.2) is 43.8 Å². The first-order valence-electron chi connectivity index (χ1n) is 10.1. The van der Waals surface area contributed by atoms with Crippen molar-refractivity contribution >= 4 is 28.3 Å². The molecule has 3 rings (SSSR count). The fourth-order valence-electron chi connectivity index (χ4n) is 4.27. The van der Waals surface area contributed by atoms with E-state index in [0.29, 0.717) is 24.6 Å². The molecule has 1 saturated heterocycles. The van der Waals surface area contributed by atoms with Crippen molar-refractivity contribution in [1.82, 2.24) is 9.62 Å². The van der Waals surface area contributed by atoms with Crippen molar-refractivity contribution in [3.8, 4) is 0 Å².